The topological polar surface area (TPSA) is 44.5 Å². The SMILES string of the molecule is CC1CC(Oc2ccc(Cl)cc2N)CC(C)O1. The summed E-state index contributed by atoms with van der Waals surface area (Å²) in [6.45, 7) is 4.13. The molecule has 17 heavy (non-hydrogen) atoms. The van der Waals surface area contributed by atoms with E-state index >= 15 is 0 Å². The van der Waals surface area contributed by atoms with Crippen molar-refractivity contribution < 1.29 is 9.47 Å². The Balaban J connectivity index is 2.04. The van der Waals surface area contributed by atoms with Crippen LogP contribution in [0, 0.1) is 0 Å². The van der Waals surface area contributed by atoms with Crippen LogP contribution in [0.4, 0.5) is 5.69 Å². The summed E-state index contributed by atoms with van der Waals surface area (Å²) in [6, 6.07) is 5.32. The molecule has 0 bridgehead atoms. The number of nitrogen functional groups attached to an aromatic ring is 1. The van der Waals surface area contributed by atoms with E-state index in [9.17, 15) is 0 Å². The molecule has 1 aromatic carbocycles. The fourth-order valence-electron chi connectivity index (χ4n) is 2.25. The molecule has 2 N–H and O–H groups in total. The molecule has 1 saturated heterocycles. The second-order valence-electron chi connectivity index (χ2n) is 4.65. The van der Waals surface area contributed by atoms with Crippen LogP contribution in [0.2, 0.25) is 5.02 Å². The number of hydrogen-bond donors (Lipinski definition) is 1. The molecular weight excluding hydrogens is 238 g/mol. The van der Waals surface area contributed by atoms with Crippen LogP contribution >= 0.6 is 11.6 Å². The molecule has 0 aliphatic carbocycles. The first kappa shape index (κ1) is 12.5. The number of rotatable bonds is 2. The maximum absolute atomic E-state index is 5.92. The van der Waals surface area contributed by atoms with E-state index in [1.165, 1.54) is 0 Å². The van der Waals surface area contributed by atoms with Gasteiger partial charge in [0.15, 0.2) is 0 Å². The lowest BCUT2D eigenvalue weighted by Gasteiger charge is -2.32. The molecule has 1 heterocycles. The van der Waals surface area contributed by atoms with E-state index in [1.54, 1.807) is 12.1 Å². The van der Waals surface area contributed by atoms with Gasteiger partial charge in [0.2, 0.25) is 0 Å². The van der Waals surface area contributed by atoms with Gasteiger partial charge in [-0.1, -0.05) is 11.6 Å². The summed E-state index contributed by atoms with van der Waals surface area (Å²) in [6.07, 6.45) is 2.42. The van der Waals surface area contributed by atoms with Crippen molar-refractivity contribution in [3.05, 3.63) is 23.2 Å². The molecule has 2 unspecified atom stereocenters. The fraction of sp³-hybridized carbons (Fsp3) is 0.538. The zero-order valence-corrected chi connectivity index (χ0v) is 10.9. The second kappa shape index (κ2) is 5.15. The van der Waals surface area contributed by atoms with Crippen LogP contribution in [-0.4, -0.2) is 18.3 Å². The van der Waals surface area contributed by atoms with Crippen LogP contribution < -0.4 is 10.5 Å². The number of halogens is 1. The third-order valence-corrected chi connectivity index (χ3v) is 3.15. The van der Waals surface area contributed by atoms with Crippen molar-refractivity contribution in [2.45, 2.75) is 45.0 Å². The van der Waals surface area contributed by atoms with Crippen molar-refractivity contribution in [3.8, 4) is 5.75 Å². The minimum atomic E-state index is 0.164. The zero-order valence-electron chi connectivity index (χ0n) is 10.2. The molecule has 1 aliphatic rings. The summed E-state index contributed by atoms with van der Waals surface area (Å²) < 4.78 is 11.6. The standard InChI is InChI=1S/C13H18ClNO2/c1-8-5-11(6-9(2)16-8)17-13-4-3-10(14)7-12(13)15/h3-4,7-9,11H,5-6,15H2,1-2H3. The van der Waals surface area contributed by atoms with Gasteiger partial charge in [0, 0.05) is 17.9 Å². The molecule has 0 radical (unpaired) electrons. The molecule has 94 valence electrons. The molecule has 2 rings (SSSR count). The fourth-order valence-corrected chi connectivity index (χ4v) is 2.43. The second-order valence-corrected chi connectivity index (χ2v) is 5.09. The third kappa shape index (κ3) is 3.27. The summed E-state index contributed by atoms with van der Waals surface area (Å²) in [5, 5.41) is 0.628. The molecule has 2 atom stereocenters. The summed E-state index contributed by atoms with van der Waals surface area (Å²) in [5.74, 6) is 0.709. The number of anilines is 1. The van der Waals surface area contributed by atoms with Crippen LogP contribution in [0.5, 0.6) is 5.75 Å². The number of ether oxygens (including phenoxy) is 2. The van der Waals surface area contributed by atoms with Gasteiger partial charge in [-0.2, -0.15) is 0 Å². The van der Waals surface area contributed by atoms with Gasteiger partial charge in [-0.25, -0.2) is 0 Å². The lowest BCUT2D eigenvalue weighted by Crippen LogP contribution is -2.35. The Kier molecular flexibility index (Phi) is 3.79. The monoisotopic (exact) mass is 255 g/mol. The van der Waals surface area contributed by atoms with Crippen molar-refractivity contribution in [3.63, 3.8) is 0 Å². The Morgan fingerprint density at radius 2 is 1.94 bits per heavy atom. The first-order chi connectivity index (χ1) is 8.04. The smallest absolute Gasteiger partial charge is 0.142 e. The predicted octanol–water partition coefficient (Wildman–Crippen LogP) is 3.26. The van der Waals surface area contributed by atoms with Crippen molar-refractivity contribution in [1.82, 2.24) is 0 Å². The van der Waals surface area contributed by atoms with Crippen LogP contribution in [-0.2, 0) is 4.74 Å². The summed E-state index contributed by atoms with van der Waals surface area (Å²) in [7, 11) is 0. The van der Waals surface area contributed by atoms with Crippen molar-refractivity contribution in [2.75, 3.05) is 5.73 Å². The number of nitrogens with two attached hydrogens (primary N) is 1. The van der Waals surface area contributed by atoms with E-state index in [0.717, 1.165) is 12.8 Å². The Morgan fingerprint density at radius 1 is 1.29 bits per heavy atom. The average Bonchev–Trinajstić information content (AvgIpc) is 2.21. The molecule has 0 amide bonds. The van der Waals surface area contributed by atoms with Crippen molar-refractivity contribution >= 4 is 17.3 Å². The Labute approximate surface area is 107 Å². The minimum Gasteiger partial charge on any atom is -0.488 e. The number of hydrogen-bond acceptors (Lipinski definition) is 3. The third-order valence-electron chi connectivity index (χ3n) is 2.92. The minimum absolute atomic E-state index is 0.164. The van der Waals surface area contributed by atoms with Crippen LogP contribution in [0.25, 0.3) is 0 Å². The molecule has 1 aromatic rings. The molecule has 1 fully saturated rings. The van der Waals surface area contributed by atoms with E-state index in [4.69, 9.17) is 26.8 Å². The maximum Gasteiger partial charge on any atom is 0.142 e. The highest BCUT2D eigenvalue weighted by Gasteiger charge is 2.26. The van der Waals surface area contributed by atoms with E-state index in [2.05, 4.69) is 13.8 Å². The quantitative estimate of drug-likeness (QED) is 0.825. The maximum atomic E-state index is 5.92. The molecule has 0 aromatic heterocycles. The normalized spacial score (nSPS) is 29.0. The summed E-state index contributed by atoms with van der Waals surface area (Å²) in [4.78, 5) is 0. The Hall–Kier alpha value is -0.930. The van der Waals surface area contributed by atoms with E-state index in [-0.39, 0.29) is 18.3 Å². The zero-order chi connectivity index (χ0) is 12.4. The summed E-state index contributed by atoms with van der Waals surface area (Å²) in [5.41, 5.74) is 6.45. The van der Waals surface area contributed by atoms with Gasteiger partial charge in [-0.15, -0.1) is 0 Å². The van der Waals surface area contributed by atoms with Gasteiger partial charge in [0.25, 0.3) is 0 Å². The highest BCUT2D eigenvalue weighted by atomic mass is 35.5. The first-order valence-electron chi connectivity index (χ1n) is 5.91. The van der Waals surface area contributed by atoms with E-state index < -0.39 is 0 Å². The average molecular weight is 256 g/mol. The molecule has 0 spiro atoms. The predicted molar refractivity (Wildman–Crippen MR) is 69.5 cm³/mol. The number of benzene rings is 1. The largest absolute Gasteiger partial charge is 0.488 e. The molecular formula is C13H18ClNO2. The van der Waals surface area contributed by atoms with Crippen molar-refractivity contribution in [2.24, 2.45) is 0 Å². The molecule has 3 nitrogen and oxygen atoms in total. The lowest BCUT2D eigenvalue weighted by atomic mass is 10.0. The van der Waals surface area contributed by atoms with Gasteiger partial charge in [0.1, 0.15) is 11.9 Å². The van der Waals surface area contributed by atoms with E-state index in [1.807, 2.05) is 6.07 Å². The van der Waals surface area contributed by atoms with Crippen LogP contribution in [0.15, 0.2) is 18.2 Å². The molecule has 0 saturated carbocycles. The summed E-state index contributed by atoms with van der Waals surface area (Å²) >= 11 is 5.85. The first-order valence-corrected chi connectivity index (χ1v) is 6.29. The molecule has 1 aliphatic heterocycles. The van der Waals surface area contributed by atoms with Gasteiger partial charge >= 0.3 is 0 Å². The van der Waals surface area contributed by atoms with Crippen LogP contribution in [0.3, 0.4) is 0 Å². The van der Waals surface area contributed by atoms with Gasteiger partial charge in [0.05, 0.1) is 17.9 Å². The Bertz CT molecular complexity index is 387. The van der Waals surface area contributed by atoms with Gasteiger partial charge < -0.3 is 15.2 Å². The van der Waals surface area contributed by atoms with Crippen LogP contribution in [0.1, 0.15) is 26.7 Å². The Morgan fingerprint density at radius 3 is 2.53 bits per heavy atom. The van der Waals surface area contributed by atoms with Crippen molar-refractivity contribution in [1.29, 1.82) is 0 Å². The van der Waals surface area contributed by atoms with E-state index in [0.29, 0.717) is 16.5 Å². The highest BCUT2D eigenvalue weighted by Crippen LogP contribution is 2.29. The van der Waals surface area contributed by atoms with Gasteiger partial charge in [-0.05, 0) is 32.0 Å². The van der Waals surface area contributed by atoms with Gasteiger partial charge in [-0.3, -0.25) is 0 Å². The highest BCUT2D eigenvalue weighted by molar-refractivity contribution is 6.30. The molecule has 4 heteroatoms. The lowest BCUT2D eigenvalue weighted by molar-refractivity contribution is -0.0720.